The average Bonchev–Trinajstić information content (AvgIpc) is 2.62. The molecule has 0 bridgehead atoms. The van der Waals surface area contributed by atoms with Gasteiger partial charge >= 0.3 is 0 Å². The number of rotatable bonds is 5. The van der Waals surface area contributed by atoms with Gasteiger partial charge in [0.05, 0.1) is 0 Å². The topological polar surface area (TPSA) is 58.7 Å². The molecule has 1 aliphatic carbocycles. The molecular weight excluding hydrogens is 298 g/mol. The summed E-state index contributed by atoms with van der Waals surface area (Å²) < 4.78 is 0. The summed E-state index contributed by atoms with van der Waals surface area (Å²) in [4.78, 5) is 18.9. The molecule has 1 aliphatic rings. The first-order chi connectivity index (χ1) is 11.5. The maximum Gasteiger partial charge on any atom is 0.229 e. The molecule has 0 heterocycles. The average molecular weight is 327 g/mol. The van der Waals surface area contributed by atoms with Crippen molar-refractivity contribution >= 4 is 23.4 Å². The lowest BCUT2D eigenvalue weighted by Gasteiger charge is -2.26. The molecule has 2 rings (SSSR count). The molecule has 0 aliphatic heterocycles. The van der Waals surface area contributed by atoms with Crippen LogP contribution in [0.3, 0.4) is 0 Å². The van der Waals surface area contributed by atoms with Crippen LogP contribution < -0.4 is 10.6 Å². The summed E-state index contributed by atoms with van der Waals surface area (Å²) in [7, 11) is 1.87. The smallest absolute Gasteiger partial charge is 0.229 e. The van der Waals surface area contributed by atoms with Gasteiger partial charge in [-0.25, -0.2) is 0 Å². The number of hydrogen-bond acceptors (Lipinski definition) is 3. The van der Waals surface area contributed by atoms with Crippen LogP contribution in [0.1, 0.15) is 51.5 Å². The van der Waals surface area contributed by atoms with Gasteiger partial charge in [-0.1, -0.05) is 31.4 Å². The van der Waals surface area contributed by atoms with Crippen LogP contribution in [0.25, 0.3) is 5.57 Å². The summed E-state index contributed by atoms with van der Waals surface area (Å²) in [6, 6.07) is 8.15. The fourth-order valence-corrected chi connectivity index (χ4v) is 3.09. The summed E-state index contributed by atoms with van der Waals surface area (Å²) in [5.74, 6) is 0.389. The van der Waals surface area contributed by atoms with E-state index in [4.69, 9.17) is 5.73 Å². The summed E-state index contributed by atoms with van der Waals surface area (Å²) in [6.07, 6.45) is 8.96. The molecule has 1 fully saturated rings. The summed E-state index contributed by atoms with van der Waals surface area (Å²) in [6.45, 7) is 4.05. The molecule has 0 atom stereocenters. The number of allylic oxidation sites excluding steroid dienone is 1. The van der Waals surface area contributed by atoms with Crippen LogP contribution in [0, 0.1) is 5.92 Å². The maximum atomic E-state index is 12.7. The van der Waals surface area contributed by atoms with Crippen LogP contribution in [0.4, 0.5) is 5.69 Å². The van der Waals surface area contributed by atoms with Crippen molar-refractivity contribution in [3.05, 3.63) is 36.0 Å². The molecule has 0 spiro atoms. The molecule has 2 N–H and O–H groups in total. The van der Waals surface area contributed by atoms with Crippen molar-refractivity contribution in [2.24, 2.45) is 16.6 Å². The van der Waals surface area contributed by atoms with Gasteiger partial charge in [-0.05, 0) is 44.4 Å². The number of anilines is 1. The molecule has 0 aromatic heterocycles. The number of nitrogens with two attached hydrogens (primary N) is 1. The maximum absolute atomic E-state index is 12.7. The Balaban J connectivity index is 2.18. The van der Waals surface area contributed by atoms with Gasteiger partial charge in [0.15, 0.2) is 0 Å². The molecule has 4 nitrogen and oxygen atoms in total. The van der Waals surface area contributed by atoms with Crippen molar-refractivity contribution in [3.63, 3.8) is 0 Å². The van der Waals surface area contributed by atoms with Gasteiger partial charge in [0.2, 0.25) is 5.91 Å². The van der Waals surface area contributed by atoms with Crippen LogP contribution >= 0.6 is 0 Å². The highest BCUT2D eigenvalue weighted by atomic mass is 16.2. The molecule has 4 heteroatoms. The van der Waals surface area contributed by atoms with Gasteiger partial charge in [-0.2, -0.15) is 0 Å². The predicted molar refractivity (Wildman–Crippen MR) is 102 cm³/mol. The number of carbonyl (C=O) groups excluding carboxylic acids is 1. The van der Waals surface area contributed by atoms with Crippen molar-refractivity contribution in [2.75, 3.05) is 11.9 Å². The van der Waals surface area contributed by atoms with E-state index in [0.717, 1.165) is 42.5 Å². The van der Waals surface area contributed by atoms with E-state index in [2.05, 4.69) is 4.99 Å². The van der Waals surface area contributed by atoms with Gasteiger partial charge < -0.3 is 10.6 Å². The highest BCUT2D eigenvalue weighted by Gasteiger charge is 2.24. The zero-order valence-electron chi connectivity index (χ0n) is 15.0. The number of benzene rings is 1. The van der Waals surface area contributed by atoms with E-state index in [0.29, 0.717) is 0 Å². The fraction of sp³-hybridized carbons (Fsp3) is 0.500. The summed E-state index contributed by atoms with van der Waals surface area (Å²) >= 11 is 0. The largest absolute Gasteiger partial charge is 0.404 e. The van der Waals surface area contributed by atoms with Gasteiger partial charge in [0.1, 0.15) is 0 Å². The van der Waals surface area contributed by atoms with Gasteiger partial charge in [-0.15, -0.1) is 0 Å². The lowest BCUT2D eigenvalue weighted by atomic mass is 9.88. The molecule has 0 unspecified atom stereocenters. The first-order valence-corrected chi connectivity index (χ1v) is 8.86. The molecular formula is C20H29N3O. The Labute approximate surface area is 145 Å². The minimum Gasteiger partial charge on any atom is -0.404 e. The first-order valence-electron chi connectivity index (χ1n) is 8.86. The minimum absolute atomic E-state index is 0.166. The quantitative estimate of drug-likeness (QED) is 0.831. The van der Waals surface area contributed by atoms with E-state index < -0.39 is 0 Å². The Bertz CT molecular complexity index is 613. The Morgan fingerprint density at radius 2 is 2.00 bits per heavy atom. The second-order valence-corrected chi connectivity index (χ2v) is 6.78. The third-order valence-electron chi connectivity index (χ3n) is 4.54. The van der Waals surface area contributed by atoms with Gasteiger partial charge in [0, 0.05) is 42.7 Å². The van der Waals surface area contributed by atoms with Crippen LogP contribution in [-0.4, -0.2) is 25.2 Å². The third-order valence-corrected chi connectivity index (χ3v) is 4.54. The van der Waals surface area contributed by atoms with Gasteiger partial charge in [-0.3, -0.25) is 9.79 Å². The monoisotopic (exact) mass is 327 g/mol. The molecule has 24 heavy (non-hydrogen) atoms. The Hall–Kier alpha value is -2.10. The SMILES string of the molecule is CC(C)N=C/C(=C\N)c1cccc(N(C)C(=O)C2CCCCC2)c1. The molecule has 0 radical (unpaired) electrons. The summed E-state index contributed by atoms with van der Waals surface area (Å²) in [5.41, 5.74) is 8.50. The van der Waals surface area contributed by atoms with E-state index >= 15 is 0 Å². The Morgan fingerprint density at radius 1 is 1.29 bits per heavy atom. The Kier molecular flexibility index (Phi) is 6.59. The van der Waals surface area contributed by atoms with E-state index in [9.17, 15) is 4.79 Å². The molecule has 130 valence electrons. The predicted octanol–water partition coefficient (Wildman–Crippen LogP) is 4.01. The number of carbonyl (C=O) groups is 1. The van der Waals surface area contributed by atoms with E-state index in [1.165, 1.54) is 6.42 Å². The lowest BCUT2D eigenvalue weighted by molar-refractivity contribution is -0.123. The van der Waals surface area contributed by atoms with E-state index in [1.807, 2.05) is 45.2 Å². The Morgan fingerprint density at radius 3 is 2.62 bits per heavy atom. The lowest BCUT2D eigenvalue weighted by Crippen LogP contribution is -2.33. The summed E-state index contributed by atoms with van der Waals surface area (Å²) in [5, 5.41) is 0. The normalized spacial score (nSPS) is 16.8. The molecule has 1 saturated carbocycles. The molecule has 1 aromatic rings. The van der Waals surface area contributed by atoms with Crippen LogP contribution in [0.15, 0.2) is 35.5 Å². The number of amides is 1. The standard InChI is InChI=1S/C20H29N3O/c1-15(2)22-14-18(13-21)17-10-7-11-19(12-17)23(3)20(24)16-8-5-4-6-9-16/h7,10-16H,4-6,8-9,21H2,1-3H3/b18-13+,22-14?. The zero-order valence-corrected chi connectivity index (χ0v) is 15.0. The van der Waals surface area contributed by atoms with Crippen LogP contribution in [0.2, 0.25) is 0 Å². The first kappa shape index (κ1) is 18.2. The zero-order chi connectivity index (χ0) is 17.5. The molecule has 0 saturated heterocycles. The molecule has 1 amide bonds. The number of hydrogen-bond donors (Lipinski definition) is 1. The second-order valence-electron chi connectivity index (χ2n) is 6.78. The van der Waals surface area contributed by atoms with Crippen molar-refractivity contribution in [1.82, 2.24) is 0 Å². The van der Waals surface area contributed by atoms with E-state index in [1.54, 1.807) is 17.3 Å². The van der Waals surface area contributed by atoms with Gasteiger partial charge in [0.25, 0.3) is 0 Å². The highest BCUT2D eigenvalue weighted by Crippen LogP contribution is 2.28. The van der Waals surface area contributed by atoms with Crippen molar-refractivity contribution in [2.45, 2.75) is 52.0 Å². The highest BCUT2D eigenvalue weighted by molar-refractivity contribution is 6.10. The van der Waals surface area contributed by atoms with Crippen molar-refractivity contribution in [1.29, 1.82) is 0 Å². The minimum atomic E-state index is 0.166. The van der Waals surface area contributed by atoms with Crippen LogP contribution in [-0.2, 0) is 4.79 Å². The third kappa shape index (κ3) is 4.70. The van der Waals surface area contributed by atoms with E-state index in [-0.39, 0.29) is 17.9 Å². The van der Waals surface area contributed by atoms with Crippen LogP contribution in [0.5, 0.6) is 0 Å². The number of aliphatic imine (C=N–C) groups is 1. The number of nitrogens with zero attached hydrogens (tertiary/aromatic N) is 2. The fourth-order valence-electron chi connectivity index (χ4n) is 3.09. The second kappa shape index (κ2) is 8.67. The van der Waals surface area contributed by atoms with Crippen molar-refractivity contribution < 1.29 is 4.79 Å². The molecule has 1 aromatic carbocycles. The van der Waals surface area contributed by atoms with Crippen molar-refractivity contribution in [3.8, 4) is 0 Å².